The summed E-state index contributed by atoms with van der Waals surface area (Å²) >= 11 is 0. The lowest BCUT2D eigenvalue weighted by molar-refractivity contribution is 0.0604. The normalized spacial score (nSPS) is 10.7. The molecule has 2 aromatic carbocycles. The van der Waals surface area contributed by atoms with Gasteiger partial charge in [-0.2, -0.15) is 0 Å². The van der Waals surface area contributed by atoms with Gasteiger partial charge in [0.2, 0.25) is 0 Å². The van der Waals surface area contributed by atoms with Crippen LogP contribution in [0.25, 0.3) is 10.9 Å². The summed E-state index contributed by atoms with van der Waals surface area (Å²) < 4.78 is 24.1. The molecule has 0 aliphatic carbocycles. The van der Waals surface area contributed by atoms with Crippen LogP contribution in [-0.4, -0.2) is 31.7 Å². The molecule has 0 unspecified atom stereocenters. The number of benzene rings is 2. The Balaban J connectivity index is 2.18. The standard InChI is InChI=1S/C19H19FN2O3/c1-4-22(12-9-10-16(24-2)14(20)11-12)18-17(19(23)25-3)13-7-5-6-8-15(13)21-18/h5-11,21H,4H2,1-3H3. The first-order valence-electron chi connectivity index (χ1n) is 7.90. The second-order valence-corrected chi connectivity index (χ2v) is 5.45. The van der Waals surface area contributed by atoms with E-state index in [4.69, 9.17) is 9.47 Å². The van der Waals surface area contributed by atoms with Crippen LogP contribution >= 0.6 is 0 Å². The van der Waals surface area contributed by atoms with Crippen molar-refractivity contribution < 1.29 is 18.7 Å². The van der Waals surface area contributed by atoms with Crippen LogP contribution in [0.4, 0.5) is 15.9 Å². The van der Waals surface area contributed by atoms with Crippen LogP contribution in [0.15, 0.2) is 42.5 Å². The van der Waals surface area contributed by atoms with Crippen molar-refractivity contribution in [2.24, 2.45) is 0 Å². The number of aromatic amines is 1. The van der Waals surface area contributed by atoms with Crippen molar-refractivity contribution in [2.45, 2.75) is 6.92 Å². The van der Waals surface area contributed by atoms with Gasteiger partial charge in [-0.1, -0.05) is 18.2 Å². The van der Waals surface area contributed by atoms with Crippen LogP contribution in [0.1, 0.15) is 17.3 Å². The molecular weight excluding hydrogens is 323 g/mol. The molecule has 5 nitrogen and oxygen atoms in total. The molecule has 1 heterocycles. The van der Waals surface area contributed by atoms with Crippen molar-refractivity contribution in [2.75, 3.05) is 25.7 Å². The molecule has 0 spiro atoms. The average molecular weight is 342 g/mol. The van der Waals surface area contributed by atoms with E-state index >= 15 is 0 Å². The first kappa shape index (κ1) is 16.8. The lowest BCUT2D eigenvalue weighted by Gasteiger charge is -2.23. The zero-order valence-electron chi connectivity index (χ0n) is 14.3. The first-order chi connectivity index (χ1) is 12.1. The fourth-order valence-electron chi connectivity index (χ4n) is 2.93. The lowest BCUT2D eigenvalue weighted by Crippen LogP contribution is -2.19. The van der Waals surface area contributed by atoms with Crippen molar-refractivity contribution >= 4 is 28.4 Å². The van der Waals surface area contributed by atoms with Crippen LogP contribution in [0.5, 0.6) is 5.75 Å². The fraction of sp³-hybridized carbons (Fsp3) is 0.211. The van der Waals surface area contributed by atoms with Gasteiger partial charge in [-0.15, -0.1) is 0 Å². The molecule has 3 rings (SSSR count). The van der Waals surface area contributed by atoms with Gasteiger partial charge in [0.1, 0.15) is 11.4 Å². The molecule has 0 aliphatic rings. The lowest BCUT2D eigenvalue weighted by atomic mass is 10.1. The van der Waals surface area contributed by atoms with Crippen molar-refractivity contribution in [1.82, 2.24) is 4.98 Å². The van der Waals surface area contributed by atoms with Crippen molar-refractivity contribution in [3.63, 3.8) is 0 Å². The number of nitrogens with one attached hydrogen (secondary N) is 1. The topological polar surface area (TPSA) is 54.6 Å². The minimum atomic E-state index is -0.464. The molecule has 0 saturated carbocycles. The largest absolute Gasteiger partial charge is 0.494 e. The molecule has 0 bridgehead atoms. The number of ether oxygens (including phenoxy) is 2. The maximum absolute atomic E-state index is 14.1. The first-order valence-corrected chi connectivity index (χ1v) is 7.90. The Morgan fingerprint density at radius 2 is 1.96 bits per heavy atom. The Morgan fingerprint density at radius 3 is 2.60 bits per heavy atom. The molecule has 0 fully saturated rings. The summed E-state index contributed by atoms with van der Waals surface area (Å²) in [6, 6.07) is 12.2. The number of rotatable bonds is 5. The minimum absolute atomic E-state index is 0.171. The molecule has 1 aromatic heterocycles. The molecule has 3 aromatic rings. The Morgan fingerprint density at radius 1 is 1.20 bits per heavy atom. The number of H-pyrrole nitrogens is 1. The van der Waals surface area contributed by atoms with E-state index in [2.05, 4.69) is 4.98 Å². The molecule has 1 N–H and O–H groups in total. The number of fused-ring (bicyclic) bond motifs is 1. The molecule has 0 amide bonds. The number of hydrogen-bond acceptors (Lipinski definition) is 4. The molecule has 130 valence electrons. The summed E-state index contributed by atoms with van der Waals surface area (Å²) in [6.45, 7) is 2.46. The number of aromatic nitrogens is 1. The summed E-state index contributed by atoms with van der Waals surface area (Å²) in [4.78, 5) is 17.4. The van der Waals surface area contributed by atoms with Gasteiger partial charge in [0.15, 0.2) is 11.6 Å². The highest BCUT2D eigenvalue weighted by Crippen LogP contribution is 2.35. The average Bonchev–Trinajstić information content (AvgIpc) is 3.01. The Kier molecular flexibility index (Phi) is 4.61. The van der Waals surface area contributed by atoms with Crippen LogP contribution < -0.4 is 9.64 Å². The number of esters is 1. The minimum Gasteiger partial charge on any atom is -0.494 e. The van der Waals surface area contributed by atoms with Gasteiger partial charge in [-0.25, -0.2) is 9.18 Å². The predicted molar refractivity (Wildman–Crippen MR) is 95.3 cm³/mol. The number of para-hydroxylation sites is 1. The summed E-state index contributed by atoms with van der Waals surface area (Å²) in [6.07, 6.45) is 0. The van der Waals surface area contributed by atoms with E-state index in [1.54, 1.807) is 12.1 Å². The zero-order valence-corrected chi connectivity index (χ0v) is 14.3. The second kappa shape index (κ2) is 6.84. The monoisotopic (exact) mass is 342 g/mol. The third-order valence-electron chi connectivity index (χ3n) is 4.11. The van der Waals surface area contributed by atoms with E-state index in [-0.39, 0.29) is 5.75 Å². The number of anilines is 2. The molecule has 0 radical (unpaired) electrons. The van der Waals surface area contributed by atoms with Gasteiger partial charge in [0.25, 0.3) is 0 Å². The van der Waals surface area contributed by atoms with E-state index in [1.807, 2.05) is 36.1 Å². The van der Waals surface area contributed by atoms with Crippen LogP contribution in [0.3, 0.4) is 0 Å². The molecular formula is C19H19FN2O3. The van der Waals surface area contributed by atoms with Gasteiger partial charge in [-0.3, -0.25) is 0 Å². The van der Waals surface area contributed by atoms with Crippen LogP contribution in [0.2, 0.25) is 0 Å². The maximum atomic E-state index is 14.1. The molecule has 0 saturated heterocycles. The number of carbonyl (C=O) groups excluding carboxylic acids is 1. The molecule has 0 atom stereocenters. The van der Waals surface area contributed by atoms with Crippen molar-refractivity contribution in [3.05, 3.63) is 53.8 Å². The molecule has 6 heteroatoms. The van der Waals surface area contributed by atoms with Gasteiger partial charge in [-0.05, 0) is 25.1 Å². The Labute approximate surface area is 145 Å². The zero-order chi connectivity index (χ0) is 18.0. The van der Waals surface area contributed by atoms with Crippen molar-refractivity contribution in [3.8, 4) is 5.75 Å². The number of carbonyl (C=O) groups is 1. The highest BCUT2D eigenvalue weighted by atomic mass is 19.1. The van der Waals surface area contributed by atoms with Gasteiger partial charge in [0.05, 0.1) is 14.2 Å². The quantitative estimate of drug-likeness (QED) is 0.704. The predicted octanol–water partition coefficient (Wildman–Crippen LogP) is 4.26. The number of hydrogen-bond donors (Lipinski definition) is 1. The SMILES string of the molecule is CCN(c1ccc(OC)c(F)c1)c1[nH]c2ccccc2c1C(=O)OC. The van der Waals surface area contributed by atoms with Crippen molar-refractivity contribution in [1.29, 1.82) is 0 Å². The van der Waals surface area contributed by atoms with E-state index in [9.17, 15) is 9.18 Å². The van der Waals surface area contributed by atoms with Crippen LogP contribution in [0, 0.1) is 5.82 Å². The number of nitrogens with zero attached hydrogens (tertiary/aromatic N) is 1. The van der Waals surface area contributed by atoms with E-state index in [1.165, 1.54) is 20.3 Å². The molecule has 0 aliphatic heterocycles. The number of halogens is 1. The third kappa shape index (κ3) is 2.91. The van der Waals surface area contributed by atoms with Gasteiger partial charge in [0, 0.05) is 29.2 Å². The summed E-state index contributed by atoms with van der Waals surface area (Å²) in [5, 5.41) is 0.761. The summed E-state index contributed by atoms with van der Waals surface area (Å²) in [5.41, 5.74) is 1.85. The Hall–Kier alpha value is -3.02. The number of methoxy groups -OCH3 is 2. The van der Waals surface area contributed by atoms with Gasteiger partial charge >= 0.3 is 5.97 Å². The van der Waals surface area contributed by atoms with E-state index in [0.29, 0.717) is 23.6 Å². The maximum Gasteiger partial charge on any atom is 0.342 e. The fourth-order valence-corrected chi connectivity index (χ4v) is 2.93. The third-order valence-corrected chi connectivity index (χ3v) is 4.11. The molecule has 25 heavy (non-hydrogen) atoms. The smallest absolute Gasteiger partial charge is 0.342 e. The van der Waals surface area contributed by atoms with E-state index < -0.39 is 11.8 Å². The van der Waals surface area contributed by atoms with E-state index in [0.717, 1.165) is 10.9 Å². The highest BCUT2D eigenvalue weighted by molar-refractivity contribution is 6.10. The van der Waals surface area contributed by atoms with Gasteiger partial charge < -0.3 is 19.4 Å². The second-order valence-electron chi connectivity index (χ2n) is 5.45. The summed E-state index contributed by atoms with van der Waals surface area (Å²) in [5.74, 6) is -0.168. The Bertz CT molecular complexity index is 920. The van der Waals surface area contributed by atoms with Crippen LogP contribution in [-0.2, 0) is 4.74 Å². The highest BCUT2D eigenvalue weighted by Gasteiger charge is 2.24. The summed E-state index contributed by atoms with van der Waals surface area (Å²) in [7, 11) is 2.76.